The molecule has 67 heavy (non-hydrogen) atoms. The van der Waals surface area contributed by atoms with Gasteiger partial charge in [0.25, 0.3) is 0 Å². The number of tetrazole rings is 1. The van der Waals surface area contributed by atoms with Crippen LogP contribution in [0.4, 0.5) is 9.59 Å². The number of benzene rings is 4. The van der Waals surface area contributed by atoms with Crippen LogP contribution in [0, 0.1) is 5.92 Å². The number of aromatic nitrogens is 4. The Balaban J connectivity index is 1.24. The van der Waals surface area contributed by atoms with Crippen LogP contribution in [0.5, 0.6) is 17.2 Å². The van der Waals surface area contributed by atoms with Gasteiger partial charge in [-0.3, -0.25) is 0 Å². The molecule has 2 heterocycles. The first kappa shape index (κ1) is 48.7. The first-order valence-electron chi connectivity index (χ1n) is 22.9. The van der Waals surface area contributed by atoms with E-state index in [1.165, 1.54) is 4.90 Å². The number of carbonyl (C=O) groups excluding carboxylic acids is 1. The zero-order valence-electron chi connectivity index (χ0n) is 39.3. The number of methoxy groups -OCH3 is 3. The Kier molecular flexibility index (Phi) is 15.7. The third kappa shape index (κ3) is 12.8. The Bertz CT molecular complexity index is 2480. The molecule has 2 amide bonds. The van der Waals surface area contributed by atoms with Gasteiger partial charge in [-0.2, -0.15) is 9.10 Å². The number of piperidine rings is 1. The van der Waals surface area contributed by atoms with E-state index in [1.54, 1.807) is 30.4 Å². The Hall–Kier alpha value is -6.20. The minimum Gasteiger partial charge on any atom is -0.497 e. The van der Waals surface area contributed by atoms with Gasteiger partial charge in [-0.05, 0) is 153 Å². The van der Waals surface area contributed by atoms with Crippen LogP contribution >= 0.6 is 0 Å². The number of alkyl carbamates (subject to hydrolysis) is 1. The lowest BCUT2D eigenvalue weighted by Crippen LogP contribution is -2.47. The van der Waals surface area contributed by atoms with Gasteiger partial charge >= 0.3 is 12.2 Å². The van der Waals surface area contributed by atoms with E-state index in [-0.39, 0.29) is 50.5 Å². The van der Waals surface area contributed by atoms with E-state index in [4.69, 9.17) is 24.0 Å². The fourth-order valence-corrected chi connectivity index (χ4v) is 11.3. The molecule has 4 aromatic carbocycles. The predicted molar refractivity (Wildman–Crippen MR) is 254 cm³/mol. The van der Waals surface area contributed by atoms with Crippen LogP contribution in [0.15, 0.2) is 91.0 Å². The van der Waals surface area contributed by atoms with Gasteiger partial charge < -0.3 is 34.3 Å². The van der Waals surface area contributed by atoms with Crippen molar-refractivity contribution >= 4 is 22.2 Å². The molecule has 1 aliphatic carbocycles. The zero-order valence-corrected chi connectivity index (χ0v) is 40.1. The molecule has 5 aromatic rings. The van der Waals surface area contributed by atoms with Gasteiger partial charge in [0.1, 0.15) is 22.8 Å². The number of likely N-dealkylation sites (tertiary alicyclic amines) is 1. The lowest BCUT2D eigenvalue weighted by Gasteiger charge is -2.37. The topological polar surface area (TPSA) is 188 Å². The van der Waals surface area contributed by atoms with Gasteiger partial charge in [-0.1, -0.05) is 48.5 Å². The molecule has 2 fully saturated rings. The number of rotatable bonds is 17. The maximum Gasteiger partial charge on any atom is 0.407 e. The summed E-state index contributed by atoms with van der Waals surface area (Å²) in [6, 6.07) is 28.5. The van der Waals surface area contributed by atoms with E-state index in [2.05, 4.69) is 21.7 Å². The second-order valence-electron chi connectivity index (χ2n) is 18.5. The molecular formula is C50H63N7O9S. The third-order valence-electron chi connectivity index (χ3n) is 12.7. The molecule has 0 spiro atoms. The number of amides is 2. The number of carbonyl (C=O) groups is 2. The highest BCUT2D eigenvalue weighted by Gasteiger charge is 2.40. The molecule has 7 rings (SSSR count). The van der Waals surface area contributed by atoms with Crippen molar-refractivity contribution in [2.45, 2.75) is 108 Å². The smallest absolute Gasteiger partial charge is 0.407 e. The quantitative estimate of drug-likeness (QED) is 0.0910. The Morgan fingerprint density at radius 2 is 1.28 bits per heavy atom. The van der Waals surface area contributed by atoms with Gasteiger partial charge in [-0.15, -0.1) is 10.2 Å². The van der Waals surface area contributed by atoms with Crippen molar-refractivity contribution in [1.82, 2.24) is 34.7 Å². The summed E-state index contributed by atoms with van der Waals surface area (Å²) in [6.07, 6.45) is 2.58. The van der Waals surface area contributed by atoms with E-state index in [0.717, 1.165) is 64.8 Å². The molecule has 17 heteroatoms. The largest absolute Gasteiger partial charge is 0.497 e. The number of nitrogens with one attached hydrogen (secondary N) is 1. The summed E-state index contributed by atoms with van der Waals surface area (Å²) in [5.74, 6) is 2.26. The maximum absolute atomic E-state index is 15.5. The van der Waals surface area contributed by atoms with E-state index in [0.29, 0.717) is 36.7 Å². The van der Waals surface area contributed by atoms with Crippen LogP contribution < -0.4 is 19.5 Å². The lowest BCUT2D eigenvalue weighted by atomic mass is 9.79. The van der Waals surface area contributed by atoms with Crippen molar-refractivity contribution in [2.24, 2.45) is 5.92 Å². The number of hydrogen-bond donors (Lipinski definition) is 2. The molecule has 2 aliphatic rings. The van der Waals surface area contributed by atoms with Crippen LogP contribution in [0.2, 0.25) is 0 Å². The second kappa shape index (κ2) is 21.6. The minimum atomic E-state index is -4.09. The molecule has 1 aromatic heterocycles. The van der Waals surface area contributed by atoms with E-state index >= 15 is 8.42 Å². The van der Waals surface area contributed by atoms with Crippen molar-refractivity contribution in [3.63, 3.8) is 0 Å². The standard InChI is InChI=1S/C50H63N7O9S/c1-50(2,3)66-48(58)51-40-16-14-38(15-17-40)44-24-13-37(29-45(44)47-52-54-57(53-47)33-36-11-22-43(65-6)23-12-36)30-46(39-25-27-55(28-26-39)49(59)60)67(61,62)56(31-34-7-18-41(63-4)19-8-34)32-35-9-20-42(64-5)21-10-35/h7-13,18-24,29,38-40,46H,14-17,25-28,30-33H2,1-6H3,(H,51,58)(H,59,60). The Morgan fingerprint density at radius 3 is 1.79 bits per heavy atom. The fraction of sp³-hybridized carbons (Fsp3) is 0.460. The molecular weight excluding hydrogens is 875 g/mol. The molecule has 1 atom stereocenters. The number of nitrogens with zero attached hydrogens (tertiary/aromatic N) is 6. The van der Waals surface area contributed by atoms with E-state index in [9.17, 15) is 14.7 Å². The highest BCUT2D eigenvalue weighted by Crippen LogP contribution is 2.39. The maximum atomic E-state index is 15.5. The highest BCUT2D eigenvalue weighted by atomic mass is 32.2. The van der Waals surface area contributed by atoms with Crippen molar-refractivity contribution < 1.29 is 42.1 Å². The van der Waals surface area contributed by atoms with Crippen LogP contribution in [-0.2, 0) is 40.8 Å². The van der Waals surface area contributed by atoms with Crippen molar-refractivity contribution in [1.29, 1.82) is 0 Å². The summed E-state index contributed by atoms with van der Waals surface area (Å²) < 4.78 is 54.3. The summed E-state index contributed by atoms with van der Waals surface area (Å²) in [5, 5.41) is 25.9. The van der Waals surface area contributed by atoms with Crippen molar-refractivity contribution in [2.75, 3.05) is 34.4 Å². The number of sulfonamides is 1. The van der Waals surface area contributed by atoms with Crippen molar-refractivity contribution in [3.8, 4) is 28.6 Å². The zero-order chi connectivity index (χ0) is 47.7. The molecule has 358 valence electrons. The van der Waals surface area contributed by atoms with Crippen LogP contribution in [-0.4, -0.2) is 106 Å². The van der Waals surface area contributed by atoms with Gasteiger partial charge in [0, 0.05) is 37.8 Å². The Morgan fingerprint density at radius 1 is 0.761 bits per heavy atom. The number of carboxylic acid groups (broad SMARTS) is 1. The molecule has 16 nitrogen and oxygen atoms in total. The first-order chi connectivity index (χ1) is 32.1. The van der Waals surface area contributed by atoms with Gasteiger partial charge in [0.15, 0.2) is 0 Å². The predicted octanol–water partition coefficient (Wildman–Crippen LogP) is 8.30. The summed E-state index contributed by atoms with van der Waals surface area (Å²) in [6.45, 7) is 6.60. The first-order valence-corrected chi connectivity index (χ1v) is 24.4. The lowest BCUT2D eigenvalue weighted by molar-refractivity contribution is 0.0491. The fourth-order valence-electron chi connectivity index (χ4n) is 9.12. The van der Waals surface area contributed by atoms with Gasteiger partial charge in [0.05, 0.1) is 33.1 Å². The summed E-state index contributed by atoms with van der Waals surface area (Å²) >= 11 is 0. The van der Waals surface area contributed by atoms with Crippen LogP contribution in [0.25, 0.3) is 11.4 Å². The molecule has 2 N–H and O–H groups in total. The second-order valence-corrected chi connectivity index (χ2v) is 20.6. The van der Waals surface area contributed by atoms with Crippen molar-refractivity contribution in [3.05, 3.63) is 119 Å². The molecule has 1 aliphatic heterocycles. The summed E-state index contributed by atoms with van der Waals surface area (Å²) in [5.41, 5.74) is 4.53. The SMILES string of the molecule is COc1ccc(CN(Cc2ccc(OC)cc2)S(=O)(=O)C(Cc2ccc(C3CCC(NC(=O)OC(C)(C)C)CC3)c(-c3nnn(Cc4ccc(OC)cc4)n3)c2)C2CCN(C(=O)O)CC2)cc1. The normalized spacial score (nSPS) is 17.4. The van der Waals surface area contributed by atoms with E-state index in [1.807, 2.05) is 106 Å². The molecule has 1 saturated heterocycles. The molecule has 0 radical (unpaired) electrons. The third-order valence-corrected chi connectivity index (χ3v) is 15.0. The number of ether oxygens (including phenoxy) is 4. The highest BCUT2D eigenvalue weighted by molar-refractivity contribution is 7.89. The summed E-state index contributed by atoms with van der Waals surface area (Å²) in [4.78, 5) is 27.6. The summed E-state index contributed by atoms with van der Waals surface area (Å²) in [7, 11) is 0.705. The van der Waals surface area contributed by atoms with Crippen LogP contribution in [0.1, 0.15) is 93.0 Å². The average molecular weight is 938 g/mol. The monoisotopic (exact) mass is 937 g/mol. The average Bonchev–Trinajstić information content (AvgIpc) is 3.79. The number of hydrogen-bond acceptors (Lipinski definition) is 11. The van der Waals surface area contributed by atoms with Gasteiger partial charge in [-0.25, -0.2) is 18.0 Å². The van der Waals surface area contributed by atoms with Gasteiger partial charge in [0.2, 0.25) is 15.8 Å². The van der Waals surface area contributed by atoms with E-state index < -0.39 is 33.1 Å². The minimum absolute atomic E-state index is 0.0328. The molecule has 0 bridgehead atoms. The molecule has 1 saturated carbocycles. The Labute approximate surface area is 393 Å². The molecule has 1 unspecified atom stereocenters. The van der Waals surface area contributed by atoms with Crippen LogP contribution in [0.3, 0.4) is 0 Å².